The van der Waals surface area contributed by atoms with E-state index in [4.69, 9.17) is 18.9 Å². The highest BCUT2D eigenvalue weighted by atomic mass is 19.4. The lowest BCUT2D eigenvalue weighted by molar-refractivity contribution is -0.288. The molecular weight excluding hydrogens is 530 g/mol. The number of benzene rings is 2. The van der Waals surface area contributed by atoms with E-state index in [1.807, 2.05) is 9.80 Å². The predicted octanol–water partition coefficient (Wildman–Crippen LogP) is 4.31. The number of anilines is 2. The molecule has 3 unspecified atom stereocenters. The minimum Gasteiger partial charge on any atom is -0.377 e. The predicted molar refractivity (Wildman–Crippen MR) is 129 cm³/mol. The summed E-state index contributed by atoms with van der Waals surface area (Å²) in [5.41, 5.74) is -4.94. The maximum absolute atomic E-state index is 14.7. The Bertz CT molecular complexity index is 1110. The molecule has 3 atom stereocenters. The van der Waals surface area contributed by atoms with E-state index in [-0.39, 0.29) is 24.4 Å². The van der Waals surface area contributed by atoms with E-state index >= 15 is 0 Å². The molecular formula is C27H28F6N2O4. The highest BCUT2D eigenvalue weighted by Gasteiger charge is 2.72. The fourth-order valence-corrected chi connectivity index (χ4v) is 5.19. The second-order valence-electron chi connectivity index (χ2n) is 10.5. The summed E-state index contributed by atoms with van der Waals surface area (Å²) in [6, 6.07) is 9.00. The minimum absolute atomic E-state index is 0.00684. The summed E-state index contributed by atoms with van der Waals surface area (Å²) in [5.74, 6) is 0. The molecule has 4 heterocycles. The van der Waals surface area contributed by atoms with Crippen molar-refractivity contribution in [1.82, 2.24) is 0 Å². The third kappa shape index (κ3) is 5.31. The molecule has 0 aromatic heterocycles. The lowest BCUT2D eigenvalue weighted by Gasteiger charge is -2.40. The van der Waals surface area contributed by atoms with Gasteiger partial charge in [-0.05, 0) is 35.4 Å². The van der Waals surface area contributed by atoms with E-state index in [1.165, 1.54) is 24.3 Å². The summed E-state index contributed by atoms with van der Waals surface area (Å²) in [5, 5.41) is 0. The third-order valence-electron chi connectivity index (χ3n) is 7.66. The Kier molecular flexibility index (Phi) is 6.72. The zero-order chi connectivity index (χ0) is 27.4. The monoisotopic (exact) mass is 558 g/mol. The van der Waals surface area contributed by atoms with Gasteiger partial charge in [0.15, 0.2) is 0 Å². The molecule has 0 bridgehead atoms. The Labute approximate surface area is 221 Å². The van der Waals surface area contributed by atoms with E-state index in [2.05, 4.69) is 0 Å². The van der Waals surface area contributed by atoms with Crippen LogP contribution in [0, 0.1) is 0 Å². The highest BCUT2D eigenvalue weighted by Crippen LogP contribution is 2.56. The number of ether oxygens (including phenoxy) is 4. The zero-order valence-electron chi connectivity index (χ0n) is 20.9. The van der Waals surface area contributed by atoms with Gasteiger partial charge < -0.3 is 28.7 Å². The molecule has 6 nitrogen and oxygen atoms in total. The Balaban J connectivity index is 1.35. The van der Waals surface area contributed by atoms with Gasteiger partial charge in [-0.15, -0.1) is 0 Å². The van der Waals surface area contributed by atoms with Crippen molar-refractivity contribution in [2.24, 2.45) is 0 Å². The third-order valence-corrected chi connectivity index (χ3v) is 7.66. The van der Waals surface area contributed by atoms with E-state index in [0.29, 0.717) is 64.0 Å². The van der Waals surface area contributed by atoms with Crippen molar-refractivity contribution in [2.75, 3.05) is 62.5 Å². The van der Waals surface area contributed by atoms with Crippen molar-refractivity contribution < 1.29 is 45.3 Å². The summed E-state index contributed by atoms with van der Waals surface area (Å²) >= 11 is 0. The molecule has 212 valence electrons. The molecule has 4 saturated heterocycles. The molecule has 6 rings (SSSR count). The number of alkyl halides is 6. The van der Waals surface area contributed by atoms with Crippen molar-refractivity contribution in [1.29, 1.82) is 0 Å². The van der Waals surface area contributed by atoms with E-state index in [1.54, 1.807) is 0 Å². The van der Waals surface area contributed by atoms with Crippen molar-refractivity contribution in [3.05, 3.63) is 59.7 Å². The molecule has 2 aromatic rings. The molecule has 39 heavy (non-hydrogen) atoms. The van der Waals surface area contributed by atoms with Gasteiger partial charge in [-0.2, -0.15) is 26.3 Å². The van der Waals surface area contributed by atoms with E-state index < -0.39 is 28.9 Å². The second kappa shape index (κ2) is 9.83. The van der Waals surface area contributed by atoms with Gasteiger partial charge in [0.2, 0.25) is 5.41 Å². The maximum Gasteiger partial charge on any atom is 0.411 e. The average Bonchev–Trinajstić information content (AvgIpc) is 3.69. The standard InChI is InChI=1S/C27H28F6N2O4/c28-26(29,30)25(27(31,32)33,17-1-5-19(6-2-17)34(9-22-14-37-22)10-23-15-38-23)18-3-7-20(8-4-18)35(11-24-16-39-24)21-12-36-13-21/h1-8,21-24H,9-16H2. The first-order valence-electron chi connectivity index (χ1n) is 12.8. The number of rotatable bonds is 11. The fraction of sp³-hybridized carbons (Fsp3) is 0.556. The molecule has 0 amide bonds. The lowest BCUT2D eigenvalue weighted by Crippen LogP contribution is -2.55. The summed E-state index contributed by atoms with van der Waals surface area (Å²) in [7, 11) is 0. The van der Waals surface area contributed by atoms with Crippen LogP contribution in [-0.2, 0) is 24.4 Å². The molecule has 4 aliphatic heterocycles. The molecule has 0 spiro atoms. The van der Waals surface area contributed by atoms with Crippen LogP contribution in [0.25, 0.3) is 0 Å². The second-order valence-corrected chi connectivity index (χ2v) is 10.5. The van der Waals surface area contributed by atoms with Gasteiger partial charge in [-0.25, -0.2) is 0 Å². The number of halogens is 6. The first-order chi connectivity index (χ1) is 18.6. The van der Waals surface area contributed by atoms with Crippen molar-refractivity contribution in [3.8, 4) is 0 Å². The van der Waals surface area contributed by atoms with Gasteiger partial charge in [0.05, 0.1) is 57.4 Å². The van der Waals surface area contributed by atoms with Crippen LogP contribution in [0.4, 0.5) is 37.7 Å². The first-order valence-corrected chi connectivity index (χ1v) is 12.8. The number of hydrogen-bond donors (Lipinski definition) is 0. The van der Waals surface area contributed by atoms with Gasteiger partial charge in [0, 0.05) is 31.0 Å². The minimum atomic E-state index is -5.65. The molecule has 0 saturated carbocycles. The topological polar surface area (TPSA) is 53.3 Å². The van der Waals surface area contributed by atoms with E-state index in [9.17, 15) is 26.3 Å². The Morgan fingerprint density at radius 3 is 1.36 bits per heavy atom. The van der Waals surface area contributed by atoms with Crippen LogP contribution in [0.3, 0.4) is 0 Å². The Morgan fingerprint density at radius 1 is 0.590 bits per heavy atom. The normalized spacial score (nSPS) is 24.7. The van der Waals surface area contributed by atoms with Crippen LogP contribution in [0.1, 0.15) is 11.1 Å². The molecule has 4 fully saturated rings. The number of hydrogen-bond acceptors (Lipinski definition) is 6. The number of nitrogens with zero attached hydrogens (tertiary/aromatic N) is 2. The lowest BCUT2D eigenvalue weighted by atomic mass is 9.72. The maximum atomic E-state index is 14.7. The van der Waals surface area contributed by atoms with Gasteiger partial charge in [-0.1, -0.05) is 24.3 Å². The highest BCUT2D eigenvalue weighted by molar-refractivity contribution is 5.56. The molecule has 12 heteroatoms. The zero-order valence-corrected chi connectivity index (χ0v) is 20.9. The van der Waals surface area contributed by atoms with Crippen LogP contribution < -0.4 is 9.80 Å². The van der Waals surface area contributed by atoms with E-state index in [0.717, 1.165) is 24.3 Å². The summed E-state index contributed by atoms with van der Waals surface area (Å²) in [4.78, 5) is 3.80. The molecule has 4 aliphatic rings. The summed E-state index contributed by atoms with van der Waals surface area (Å²) in [6.45, 7) is 4.05. The summed E-state index contributed by atoms with van der Waals surface area (Å²) < 4.78 is 109. The quantitative estimate of drug-likeness (QED) is 0.303. The van der Waals surface area contributed by atoms with Crippen molar-refractivity contribution >= 4 is 11.4 Å². The van der Waals surface area contributed by atoms with Crippen molar-refractivity contribution in [3.63, 3.8) is 0 Å². The summed E-state index contributed by atoms with van der Waals surface area (Å²) in [6.07, 6.45) is -11.3. The Hall–Kier alpha value is -2.54. The molecule has 2 aromatic carbocycles. The fourth-order valence-electron chi connectivity index (χ4n) is 5.19. The Morgan fingerprint density at radius 2 is 1.00 bits per heavy atom. The molecule has 0 radical (unpaired) electrons. The van der Waals surface area contributed by atoms with Gasteiger partial charge in [-0.3, -0.25) is 0 Å². The van der Waals surface area contributed by atoms with Crippen molar-refractivity contribution in [2.45, 2.75) is 42.1 Å². The SMILES string of the molecule is FC(F)(F)C(c1ccc(N(CC2CO2)CC2CO2)cc1)(c1ccc(N(CC2CO2)C2COC2)cc1)C(F)(F)F. The number of epoxide rings is 3. The average molecular weight is 559 g/mol. The van der Waals surface area contributed by atoms with Crippen LogP contribution in [0.5, 0.6) is 0 Å². The van der Waals surface area contributed by atoms with Crippen LogP contribution in [0.2, 0.25) is 0 Å². The van der Waals surface area contributed by atoms with Crippen LogP contribution in [-0.4, -0.2) is 89.4 Å². The van der Waals surface area contributed by atoms with Crippen LogP contribution >= 0.6 is 0 Å². The molecule has 0 N–H and O–H groups in total. The van der Waals surface area contributed by atoms with Gasteiger partial charge in [0.25, 0.3) is 0 Å². The van der Waals surface area contributed by atoms with Gasteiger partial charge in [0.1, 0.15) is 0 Å². The molecule has 0 aliphatic carbocycles. The van der Waals surface area contributed by atoms with Gasteiger partial charge >= 0.3 is 12.4 Å². The smallest absolute Gasteiger partial charge is 0.377 e. The largest absolute Gasteiger partial charge is 0.411 e. The first kappa shape index (κ1) is 26.7. The van der Waals surface area contributed by atoms with Crippen LogP contribution in [0.15, 0.2) is 48.5 Å².